The highest BCUT2D eigenvalue weighted by atomic mass is 32.2. The molecule has 0 saturated heterocycles. The van der Waals surface area contributed by atoms with E-state index in [0.29, 0.717) is 23.4 Å². The zero-order valence-electron chi connectivity index (χ0n) is 16.3. The Bertz CT molecular complexity index is 1320. The Balaban J connectivity index is 1.71. The molecule has 1 aromatic heterocycles. The normalized spacial score (nSPS) is 16.9. The van der Waals surface area contributed by atoms with E-state index in [-0.39, 0.29) is 4.90 Å². The highest BCUT2D eigenvalue weighted by Gasteiger charge is 2.38. The van der Waals surface area contributed by atoms with Gasteiger partial charge in [0.05, 0.1) is 16.9 Å². The van der Waals surface area contributed by atoms with Crippen LogP contribution in [0.4, 0.5) is 10.1 Å². The lowest BCUT2D eigenvalue weighted by atomic mass is 10.0. The second-order valence-electron chi connectivity index (χ2n) is 6.97. The summed E-state index contributed by atoms with van der Waals surface area (Å²) in [4.78, 5) is 0.785. The number of hydrogen-bond donors (Lipinski definition) is 1. The van der Waals surface area contributed by atoms with Crippen LogP contribution >= 0.6 is 11.3 Å². The van der Waals surface area contributed by atoms with Crippen LogP contribution in [-0.2, 0) is 20.0 Å². The van der Waals surface area contributed by atoms with Gasteiger partial charge in [-0.05, 0) is 53.4 Å². The molecule has 2 heterocycles. The molecule has 31 heavy (non-hydrogen) atoms. The van der Waals surface area contributed by atoms with Crippen molar-refractivity contribution >= 4 is 42.8 Å². The molecule has 162 valence electrons. The zero-order valence-corrected chi connectivity index (χ0v) is 18.7. The predicted molar refractivity (Wildman–Crippen MR) is 119 cm³/mol. The van der Waals surface area contributed by atoms with E-state index < -0.39 is 31.9 Å². The number of hydrogen-bond acceptors (Lipinski definition) is 6. The van der Waals surface area contributed by atoms with Crippen molar-refractivity contribution < 1.29 is 21.2 Å². The SMILES string of the molecule is CS(=O)(=O)Nc1ccc(C2=NN(S(=O)(=O)c3ccc(F)cc3)[C@H](c3cccs3)C2)cc1. The largest absolute Gasteiger partial charge is 0.284 e. The summed E-state index contributed by atoms with van der Waals surface area (Å²) in [5, 5.41) is 6.27. The lowest BCUT2D eigenvalue weighted by Gasteiger charge is -2.22. The van der Waals surface area contributed by atoms with Crippen molar-refractivity contribution in [2.75, 3.05) is 11.0 Å². The molecular weight excluding hydrogens is 461 g/mol. The van der Waals surface area contributed by atoms with Crippen LogP contribution in [0.2, 0.25) is 0 Å². The molecule has 0 fully saturated rings. The molecule has 0 radical (unpaired) electrons. The van der Waals surface area contributed by atoms with E-state index in [1.54, 1.807) is 24.3 Å². The van der Waals surface area contributed by atoms with E-state index in [2.05, 4.69) is 9.82 Å². The maximum absolute atomic E-state index is 13.3. The number of hydrazone groups is 1. The fourth-order valence-corrected chi connectivity index (χ4v) is 6.10. The molecule has 0 bridgehead atoms. The summed E-state index contributed by atoms with van der Waals surface area (Å²) in [7, 11) is -7.41. The highest BCUT2D eigenvalue weighted by molar-refractivity contribution is 7.92. The summed E-state index contributed by atoms with van der Waals surface area (Å²) in [6, 6.07) is 14.3. The number of anilines is 1. The van der Waals surface area contributed by atoms with Gasteiger partial charge < -0.3 is 0 Å². The molecule has 7 nitrogen and oxygen atoms in total. The van der Waals surface area contributed by atoms with Gasteiger partial charge in [-0.1, -0.05) is 18.2 Å². The lowest BCUT2D eigenvalue weighted by molar-refractivity contribution is 0.375. The van der Waals surface area contributed by atoms with Crippen molar-refractivity contribution in [3.05, 3.63) is 82.3 Å². The fourth-order valence-electron chi connectivity index (χ4n) is 3.24. The van der Waals surface area contributed by atoms with Crippen LogP contribution in [0.25, 0.3) is 0 Å². The fraction of sp³-hybridized carbons (Fsp3) is 0.150. The smallest absolute Gasteiger partial charge is 0.279 e. The van der Waals surface area contributed by atoms with Gasteiger partial charge in [-0.25, -0.2) is 12.8 Å². The van der Waals surface area contributed by atoms with Crippen LogP contribution in [0.3, 0.4) is 0 Å². The molecule has 4 rings (SSSR count). The highest BCUT2D eigenvalue weighted by Crippen LogP contribution is 2.39. The third-order valence-corrected chi connectivity index (χ3v) is 7.90. The molecule has 1 aliphatic rings. The van der Waals surface area contributed by atoms with Crippen molar-refractivity contribution in [2.45, 2.75) is 17.4 Å². The quantitative estimate of drug-likeness (QED) is 0.582. The third kappa shape index (κ3) is 4.63. The lowest BCUT2D eigenvalue weighted by Crippen LogP contribution is -2.26. The number of nitrogens with one attached hydrogen (secondary N) is 1. The van der Waals surface area contributed by atoms with Crippen LogP contribution < -0.4 is 4.72 Å². The minimum atomic E-state index is -4.01. The first-order valence-electron chi connectivity index (χ1n) is 9.12. The number of sulfonamides is 2. The van der Waals surface area contributed by atoms with Gasteiger partial charge in [0.1, 0.15) is 11.9 Å². The molecule has 0 unspecified atom stereocenters. The van der Waals surface area contributed by atoms with Crippen LogP contribution in [0.1, 0.15) is 22.9 Å². The zero-order chi connectivity index (χ0) is 22.2. The number of halogens is 1. The molecule has 3 aromatic rings. The van der Waals surface area contributed by atoms with Gasteiger partial charge >= 0.3 is 0 Å². The molecular formula is C20H18FN3O4S3. The van der Waals surface area contributed by atoms with Crippen LogP contribution in [0.5, 0.6) is 0 Å². The van der Waals surface area contributed by atoms with E-state index in [1.165, 1.54) is 23.5 Å². The number of benzene rings is 2. The van der Waals surface area contributed by atoms with Gasteiger partial charge in [-0.15, -0.1) is 11.3 Å². The summed E-state index contributed by atoms with van der Waals surface area (Å²) in [5.74, 6) is -0.526. The monoisotopic (exact) mass is 479 g/mol. The first-order chi connectivity index (χ1) is 14.6. The molecule has 0 amide bonds. The van der Waals surface area contributed by atoms with Crippen molar-refractivity contribution in [1.82, 2.24) is 4.41 Å². The third-order valence-electron chi connectivity index (χ3n) is 4.62. The summed E-state index contributed by atoms with van der Waals surface area (Å²) in [5.41, 5.74) is 1.63. The molecule has 0 spiro atoms. The number of nitrogens with zero attached hydrogens (tertiary/aromatic N) is 2. The van der Waals surface area contributed by atoms with Crippen molar-refractivity contribution in [3.8, 4) is 0 Å². The van der Waals surface area contributed by atoms with Crippen molar-refractivity contribution in [1.29, 1.82) is 0 Å². The van der Waals surface area contributed by atoms with Gasteiger partial charge in [0, 0.05) is 17.0 Å². The average molecular weight is 480 g/mol. The van der Waals surface area contributed by atoms with Gasteiger partial charge in [-0.2, -0.15) is 17.9 Å². The molecule has 1 atom stereocenters. The van der Waals surface area contributed by atoms with E-state index in [1.807, 2.05) is 17.5 Å². The summed E-state index contributed by atoms with van der Waals surface area (Å²) < 4.78 is 66.1. The summed E-state index contributed by atoms with van der Waals surface area (Å²) >= 11 is 1.43. The Hall–Kier alpha value is -2.76. The van der Waals surface area contributed by atoms with Gasteiger partial charge in [0.15, 0.2) is 0 Å². The number of thiophene rings is 1. The van der Waals surface area contributed by atoms with E-state index in [4.69, 9.17) is 0 Å². The average Bonchev–Trinajstić information content (AvgIpc) is 3.38. The second kappa shape index (κ2) is 8.06. The Morgan fingerprint density at radius 1 is 1.03 bits per heavy atom. The Labute approximate surface area is 184 Å². The topological polar surface area (TPSA) is 95.9 Å². The molecule has 2 aromatic carbocycles. The van der Waals surface area contributed by atoms with E-state index in [0.717, 1.165) is 27.7 Å². The van der Waals surface area contributed by atoms with E-state index >= 15 is 0 Å². The minimum Gasteiger partial charge on any atom is -0.284 e. The second-order valence-corrected chi connectivity index (χ2v) is 11.5. The van der Waals surface area contributed by atoms with Gasteiger partial charge in [0.2, 0.25) is 10.0 Å². The van der Waals surface area contributed by atoms with E-state index in [9.17, 15) is 21.2 Å². The Morgan fingerprint density at radius 2 is 1.71 bits per heavy atom. The van der Waals surface area contributed by atoms with Gasteiger partial charge in [-0.3, -0.25) is 4.72 Å². The van der Waals surface area contributed by atoms with Crippen LogP contribution in [-0.4, -0.2) is 33.2 Å². The molecule has 11 heteroatoms. The standard InChI is InChI=1S/C20H18FN3O4S3/c1-30(25,26)23-16-8-4-14(5-9-16)18-13-19(20-3-2-12-29-20)24(22-18)31(27,28)17-10-6-15(21)7-11-17/h2-12,19,23H,13H2,1H3/t19-/m0/s1. The predicted octanol–water partition coefficient (Wildman–Crippen LogP) is 3.80. The van der Waals surface area contributed by atoms with Crippen LogP contribution in [0.15, 0.2) is 76.0 Å². The van der Waals surface area contributed by atoms with Crippen molar-refractivity contribution in [3.63, 3.8) is 0 Å². The molecule has 1 N–H and O–H groups in total. The molecule has 1 aliphatic heterocycles. The maximum atomic E-state index is 13.3. The maximum Gasteiger partial charge on any atom is 0.279 e. The Kier molecular flexibility index (Phi) is 5.58. The first-order valence-corrected chi connectivity index (χ1v) is 13.3. The first kappa shape index (κ1) is 21.5. The Morgan fingerprint density at radius 3 is 2.29 bits per heavy atom. The molecule has 0 saturated carbocycles. The minimum absolute atomic E-state index is 0.0480. The van der Waals surface area contributed by atoms with Crippen LogP contribution in [0, 0.1) is 5.82 Å². The number of rotatable bonds is 6. The summed E-state index contributed by atoms with van der Waals surface area (Å²) in [6.45, 7) is 0. The van der Waals surface area contributed by atoms with Gasteiger partial charge in [0.25, 0.3) is 10.0 Å². The van der Waals surface area contributed by atoms with Crippen molar-refractivity contribution in [2.24, 2.45) is 5.10 Å². The molecule has 0 aliphatic carbocycles. The summed E-state index contributed by atoms with van der Waals surface area (Å²) in [6.07, 6.45) is 1.41.